The number of guanidine groups is 1. The number of nitrogens with two attached hydrogens (primary N) is 1. The predicted molar refractivity (Wildman–Crippen MR) is 137 cm³/mol. The Morgan fingerprint density at radius 2 is 1.69 bits per heavy atom. The van der Waals surface area contributed by atoms with E-state index in [2.05, 4.69) is 20.9 Å². The Morgan fingerprint density at radius 1 is 1.08 bits per heavy atom. The van der Waals surface area contributed by atoms with Gasteiger partial charge in [-0.15, -0.1) is 0 Å². The first kappa shape index (κ1) is 27.3. The van der Waals surface area contributed by atoms with Crippen molar-refractivity contribution in [1.82, 2.24) is 14.8 Å². The van der Waals surface area contributed by atoms with Gasteiger partial charge in [0.25, 0.3) is 0 Å². The Morgan fingerprint density at radius 3 is 2.31 bits per heavy atom. The Kier molecular flexibility index (Phi) is 9.18. The number of carbonyl (C=O) groups is 1. The van der Waals surface area contributed by atoms with Gasteiger partial charge in [-0.05, 0) is 18.6 Å². The molecular weight excluding hydrogens is 486 g/mol. The van der Waals surface area contributed by atoms with Crippen LogP contribution in [0, 0.1) is 12.3 Å². The lowest BCUT2D eigenvalue weighted by molar-refractivity contribution is 0.0365. The first-order chi connectivity index (χ1) is 17.0. The minimum absolute atomic E-state index is 0.0323. The van der Waals surface area contributed by atoms with E-state index in [4.69, 9.17) is 33.4 Å². The third-order valence-corrected chi connectivity index (χ3v) is 5.90. The molecule has 0 spiro atoms. The molecule has 2 heterocycles. The fraction of sp³-hybridized carbons (Fsp3) is 0.333. The molecule has 1 aliphatic heterocycles. The van der Waals surface area contributed by atoms with Gasteiger partial charge in [0.15, 0.2) is 11.7 Å². The molecule has 12 heteroatoms. The molecule has 6 N–H and O–H groups in total. The molecule has 1 fully saturated rings. The van der Waals surface area contributed by atoms with Crippen LogP contribution in [0.4, 0.5) is 0 Å². The molecule has 0 amide bonds. The smallest absolute Gasteiger partial charge is 0.379 e. The summed E-state index contributed by atoms with van der Waals surface area (Å²) >= 11 is 0. The number of aromatic nitrogens is 1. The van der Waals surface area contributed by atoms with Crippen LogP contribution in [-0.2, 0) is 28.2 Å². The molecular formula is C24H31N5O6S. The van der Waals surface area contributed by atoms with Crippen LogP contribution in [0.25, 0.3) is 10.9 Å². The largest absolute Gasteiger partial charge is 0.394 e. The molecule has 0 atom stereocenters. The van der Waals surface area contributed by atoms with Crippen LogP contribution in [-0.4, -0.2) is 71.6 Å². The van der Waals surface area contributed by atoms with Crippen LogP contribution in [0.2, 0.25) is 0 Å². The van der Waals surface area contributed by atoms with E-state index in [1.807, 2.05) is 49.4 Å². The van der Waals surface area contributed by atoms with Crippen molar-refractivity contribution in [3.05, 3.63) is 70.9 Å². The molecule has 1 aromatic heterocycles. The minimum Gasteiger partial charge on any atom is -0.379 e. The van der Waals surface area contributed by atoms with Gasteiger partial charge in [0.2, 0.25) is 0 Å². The summed E-state index contributed by atoms with van der Waals surface area (Å²) in [5.74, 6) is -0.0365. The maximum absolute atomic E-state index is 13.5. The second kappa shape index (κ2) is 12.1. The molecule has 0 aliphatic carbocycles. The van der Waals surface area contributed by atoms with E-state index in [1.165, 1.54) is 0 Å². The van der Waals surface area contributed by atoms with Crippen LogP contribution in [0.15, 0.2) is 48.5 Å². The van der Waals surface area contributed by atoms with Gasteiger partial charge in [0.05, 0.1) is 18.8 Å². The zero-order chi connectivity index (χ0) is 26.3. The molecule has 2 aromatic carbocycles. The first-order valence-electron chi connectivity index (χ1n) is 11.3. The van der Waals surface area contributed by atoms with Crippen molar-refractivity contribution >= 4 is 33.0 Å². The summed E-state index contributed by atoms with van der Waals surface area (Å²) in [6.45, 7) is 7.76. The molecule has 36 heavy (non-hydrogen) atoms. The number of morpholine rings is 1. The van der Waals surface area contributed by atoms with Gasteiger partial charge in [0.1, 0.15) is 0 Å². The van der Waals surface area contributed by atoms with Crippen molar-refractivity contribution in [2.24, 2.45) is 5.73 Å². The van der Waals surface area contributed by atoms with Crippen LogP contribution >= 0.6 is 0 Å². The highest BCUT2D eigenvalue weighted by molar-refractivity contribution is 7.79. The van der Waals surface area contributed by atoms with Gasteiger partial charge >= 0.3 is 10.4 Å². The third kappa shape index (κ3) is 7.60. The van der Waals surface area contributed by atoms with Crippen molar-refractivity contribution in [3.63, 3.8) is 0 Å². The maximum atomic E-state index is 13.5. The van der Waals surface area contributed by atoms with Gasteiger partial charge in [-0.1, -0.05) is 42.5 Å². The number of nitrogens with zero attached hydrogens (tertiary/aromatic N) is 2. The number of nitrogens with one attached hydrogen (secondary N) is 2. The van der Waals surface area contributed by atoms with Gasteiger partial charge in [-0.3, -0.25) is 24.2 Å². The summed E-state index contributed by atoms with van der Waals surface area (Å²) in [5, 5.41) is 11.0. The molecule has 0 unspecified atom stereocenters. The Labute approximate surface area is 209 Å². The van der Waals surface area contributed by atoms with Crippen molar-refractivity contribution in [2.75, 3.05) is 32.8 Å². The van der Waals surface area contributed by atoms with Crippen molar-refractivity contribution in [3.8, 4) is 0 Å². The first-order valence-corrected chi connectivity index (χ1v) is 12.7. The fourth-order valence-corrected chi connectivity index (χ4v) is 4.19. The minimum atomic E-state index is -4.67. The molecule has 3 aromatic rings. The second-order valence-corrected chi connectivity index (χ2v) is 9.22. The van der Waals surface area contributed by atoms with E-state index in [-0.39, 0.29) is 11.7 Å². The Hall–Kier alpha value is -3.29. The zero-order valence-electron chi connectivity index (χ0n) is 20.0. The van der Waals surface area contributed by atoms with E-state index in [1.54, 1.807) is 0 Å². The molecule has 4 rings (SSSR count). The summed E-state index contributed by atoms with van der Waals surface area (Å²) in [4.78, 5) is 15.9. The quantitative estimate of drug-likeness (QED) is 0.136. The summed E-state index contributed by atoms with van der Waals surface area (Å²) in [7, 11) is -4.67. The molecule has 194 valence electrons. The lowest BCUT2D eigenvalue weighted by Gasteiger charge is -2.27. The summed E-state index contributed by atoms with van der Waals surface area (Å²) in [5.41, 5.74) is 9.84. The molecule has 0 saturated carbocycles. The maximum Gasteiger partial charge on any atom is 0.394 e. The van der Waals surface area contributed by atoms with E-state index in [0.29, 0.717) is 12.1 Å². The number of hydrogen-bond donors (Lipinski definition) is 5. The molecule has 1 saturated heterocycles. The molecule has 0 radical (unpaired) electrons. The van der Waals surface area contributed by atoms with E-state index < -0.39 is 10.4 Å². The second-order valence-electron chi connectivity index (χ2n) is 8.32. The average molecular weight is 518 g/mol. The SMILES string of the molecule is Cc1c(C(=O)c2ccc(CNC(=N)N)cc2)c2ccccc2n1CCN1CCOCC1.O=S(=O)(O)O. The third-order valence-electron chi connectivity index (χ3n) is 5.90. The summed E-state index contributed by atoms with van der Waals surface area (Å²) in [6.07, 6.45) is 0. The lowest BCUT2D eigenvalue weighted by atomic mass is 9.99. The van der Waals surface area contributed by atoms with Gasteiger partial charge in [-0.25, -0.2) is 0 Å². The highest BCUT2D eigenvalue weighted by Gasteiger charge is 2.21. The number of ether oxygens (including phenoxy) is 1. The van der Waals surface area contributed by atoms with Gasteiger partial charge in [-0.2, -0.15) is 8.42 Å². The van der Waals surface area contributed by atoms with E-state index in [9.17, 15) is 4.79 Å². The number of hydrogen-bond acceptors (Lipinski definition) is 6. The summed E-state index contributed by atoms with van der Waals surface area (Å²) < 4.78 is 39.3. The summed E-state index contributed by atoms with van der Waals surface area (Å²) in [6, 6.07) is 15.6. The number of ketones is 1. The molecule has 1 aliphatic rings. The van der Waals surface area contributed by atoms with E-state index >= 15 is 0 Å². The van der Waals surface area contributed by atoms with Crippen LogP contribution in [0.5, 0.6) is 0 Å². The highest BCUT2D eigenvalue weighted by Crippen LogP contribution is 2.28. The zero-order valence-corrected chi connectivity index (χ0v) is 20.8. The number of carbonyl (C=O) groups excluding carboxylic acids is 1. The molecule has 11 nitrogen and oxygen atoms in total. The van der Waals surface area contributed by atoms with Gasteiger partial charge in [0, 0.05) is 54.9 Å². The fourth-order valence-electron chi connectivity index (χ4n) is 4.19. The van der Waals surface area contributed by atoms with Crippen LogP contribution in [0.3, 0.4) is 0 Å². The van der Waals surface area contributed by atoms with Crippen LogP contribution < -0.4 is 11.1 Å². The Balaban J connectivity index is 0.000000658. The number of rotatable bonds is 7. The lowest BCUT2D eigenvalue weighted by Crippen LogP contribution is -2.38. The standard InChI is InChI=1S/C24H29N5O2.H2O4S/c1-17-22(23(30)19-8-6-18(7-9-19)16-27-24(25)26)20-4-2-3-5-21(20)29(17)11-10-28-12-14-31-15-13-28;1-5(2,3)4/h2-9H,10-16H2,1H3,(H4,25,26,27);(H2,1,2,3,4). The Bertz CT molecular complexity index is 1310. The van der Waals surface area contributed by atoms with Crippen LogP contribution in [0.1, 0.15) is 27.2 Å². The van der Waals surface area contributed by atoms with Crippen molar-refractivity contribution in [1.29, 1.82) is 5.41 Å². The topological polar surface area (TPSA) is 171 Å². The number of benzene rings is 2. The molecule has 0 bridgehead atoms. The normalized spacial score (nSPS) is 14.2. The van der Waals surface area contributed by atoms with Gasteiger partial charge < -0.3 is 20.4 Å². The average Bonchev–Trinajstić information content (AvgIpc) is 3.12. The number of para-hydroxylation sites is 1. The van der Waals surface area contributed by atoms with Crippen molar-refractivity contribution in [2.45, 2.75) is 20.0 Å². The monoisotopic (exact) mass is 517 g/mol. The number of fused-ring (bicyclic) bond motifs is 1. The van der Waals surface area contributed by atoms with Crippen molar-refractivity contribution < 1.29 is 27.1 Å². The highest BCUT2D eigenvalue weighted by atomic mass is 32.3. The van der Waals surface area contributed by atoms with E-state index in [0.717, 1.165) is 67.1 Å². The predicted octanol–water partition coefficient (Wildman–Crippen LogP) is 1.84.